The molecule has 0 radical (unpaired) electrons. The van der Waals surface area contributed by atoms with Gasteiger partial charge in [-0.05, 0) is 25.0 Å². The number of nitrogens with zero attached hydrogens (tertiary/aromatic N) is 1. The highest BCUT2D eigenvalue weighted by molar-refractivity contribution is 7.99. The van der Waals surface area contributed by atoms with Gasteiger partial charge >= 0.3 is 0 Å². The molecule has 1 atom stereocenters. The minimum atomic E-state index is 0.588. The zero-order valence-corrected chi connectivity index (χ0v) is 13.9. The van der Waals surface area contributed by atoms with E-state index in [-0.39, 0.29) is 0 Å². The Morgan fingerprint density at radius 3 is 2.56 bits per heavy atom. The monoisotopic (exact) mass is 286 g/mol. The molecule has 1 aromatic rings. The second-order valence-electron chi connectivity index (χ2n) is 4.88. The molecule has 4 heteroatoms. The molecule has 0 aliphatic rings. The van der Waals surface area contributed by atoms with Gasteiger partial charge in [0.15, 0.2) is 0 Å². The van der Waals surface area contributed by atoms with Crippen molar-refractivity contribution in [2.45, 2.75) is 71.0 Å². The standard InChI is InChI=1S/C14H26N2S2/c1-6-11(5)15-8-13-12(7-2)16-14(18-13)9-17-10(3)4/h10-11,15H,6-9H2,1-5H3. The van der Waals surface area contributed by atoms with E-state index in [4.69, 9.17) is 4.98 Å². The smallest absolute Gasteiger partial charge is 0.103 e. The van der Waals surface area contributed by atoms with Gasteiger partial charge in [-0.15, -0.1) is 11.3 Å². The maximum atomic E-state index is 4.76. The largest absolute Gasteiger partial charge is 0.309 e. The second kappa shape index (κ2) is 8.18. The van der Waals surface area contributed by atoms with E-state index in [1.165, 1.54) is 22.0 Å². The van der Waals surface area contributed by atoms with Crippen LogP contribution in [0.4, 0.5) is 0 Å². The fourth-order valence-electron chi connectivity index (χ4n) is 1.56. The summed E-state index contributed by atoms with van der Waals surface area (Å²) in [6, 6.07) is 0.588. The first-order valence-corrected chi connectivity index (χ1v) is 8.75. The summed E-state index contributed by atoms with van der Waals surface area (Å²) in [6.07, 6.45) is 2.22. The van der Waals surface area contributed by atoms with Crippen LogP contribution in [-0.2, 0) is 18.7 Å². The van der Waals surface area contributed by atoms with E-state index in [2.05, 4.69) is 39.9 Å². The average Bonchev–Trinajstić information content (AvgIpc) is 2.75. The summed E-state index contributed by atoms with van der Waals surface area (Å²) >= 11 is 3.86. The maximum Gasteiger partial charge on any atom is 0.103 e. The van der Waals surface area contributed by atoms with Crippen LogP contribution in [0.25, 0.3) is 0 Å². The van der Waals surface area contributed by atoms with E-state index >= 15 is 0 Å². The van der Waals surface area contributed by atoms with Crippen molar-refractivity contribution in [1.29, 1.82) is 0 Å². The molecule has 0 aliphatic carbocycles. The van der Waals surface area contributed by atoms with Gasteiger partial charge in [0.05, 0.1) is 5.69 Å². The van der Waals surface area contributed by atoms with Gasteiger partial charge in [0.25, 0.3) is 0 Å². The molecule has 1 unspecified atom stereocenters. The summed E-state index contributed by atoms with van der Waals surface area (Å²) in [5, 5.41) is 5.53. The van der Waals surface area contributed by atoms with Crippen LogP contribution < -0.4 is 5.32 Å². The molecular weight excluding hydrogens is 260 g/mol. The molecule has 18 heavy (non-hydrogen) atoms. The lowest BCUT2D eigenvalue weighted by atomic mass is 10.2. The van der Waals surface area contributed by atoms with Crippen molar-refractivity contribution in [2.24, 2.45) is 0 Å². The van der Waals surface area contributed by atoms with Gasteiger partial charge in [-0.1, -0.05) is 27.7 Å². The number of rotatable bonds is 8. The average molecular weight is 287 g/mol. The molecule has 0 saturated carbocycles. The first kappa shape index (κ1) is 16.0. The molecule has 1 rings (SSSR count). The van der Waals surface area contributed by atoms with Crippen LogP contribution >= 0.6 is 23.1 Å². The molecule has 0 bridgehead atoms. The van der Waals surface area contributed by atoms with Crippen LogP contribution in [0, 0.1) is 0 Å². The van der Waals surface area contributed by atoms with Crippen molar-refractivity contribution in [1.82, 2.24) is 10.3 Å². The van der Waals surface area contributed by atoms with Crippen molar-refractivity contribution >= 4 is 23.1 Å². The number of aromatic nitrogens is 1. The van der Waals surface area contributed by atoms with Gasteiger partial charge < -0.3 is 5.32 Å². The predicted octanol–water partition coefficient (Wildman–Crippen LogP) is 4.24. The quantitative estimate of drug-likeness (QED) is 0.774. The molecular formula is C14H26N2S2. The fraction of sp³-hybridized carbons (Fsp3) is 0.786. The Balaban J connectivity index is 2.60. The summed E-state index contributed by atoms with van der Waals surface area (Å²) in [6.45, 7) is 12.1. The second-order valence-corrected chi connectivity index (χ2v) is 7.61. The van der Waals surface area contributed by atoms with Crippen LogP contribution in [-0.4, -0.2) is 16.3 Å². The number of thioether (sulfide) groups is 1. The van der Waals surface area contributed by atoms with Gasteiger partial charge in [-0.2, -0.15) is 11.8 Å². The molecule has 0 saturated heterocycles. The van der Waals surface area contributed by atoms with E-state index in [1.807, 2.05) is 23.1 Å². The third-order valence-electron chi connectivity index (χ3n) is 2.92. The molecule has 104 valence electrons. The summed E-state index contributed by atoms with van der Waals surface area (Å²) in [7, 11) is 0. The Labute approximate surface area is 120 Å². The fourth-order valence-corrected chi connectivity index (χ4v) is 3.45. The van der Waals surface area contributed by atoms with E-state index in [0.29, 0.717) is 11.3 Å². The third-order valence-corrected chi connectivity index (χ3v) is 5.31. The molecule has 0 aliphatic heterocycles. The van der Waals surface area contributed by atoms with Crippen LogP contribution in [0.5, 0.6) is 0 Å². The van der Waals surface area contributed by atoms with Gasteiger partial charge in [0.1, 0.15) is 5.01 Å². The van der Waals surface area contributed by atoms with Crippen LogP contribution in [0.2, 0.25) is 0 Å². The molecule has 0 spiro atoms. The minimum absolute atomic E-state index is 0.588. The van der Waals surface area contributed by atoms with Crippen LogP contribution in [0.1, 0.15) is 56.6 Å². The minimum Gasteiger partial charge on any atom is -0.309 e. The molecule has 2 nitrogen and oxygen atoms in total. The first-order chi connectivity index (χ1) is 8.56. The normalized spacial score (nSPS) is 13.2. The number of thiazole rings is 1. The van der Waals surface area contributed by atoms with E-state index in [9.17, 15) is 0 Å². The zero-order valence-electron chi connectivity index (χ0n) is 12.2. The van der Waals surface area contributed by atoms with Crippen molar-refractivity contribution in [3.8, 4) is 0 Å². The lowest BCUT2D eigenvalue weighted by Crippen LogP contribution is -2.24. The highest BCUT2D eigenvalue weighted by atomic mass is 32.2. The molecule has 1 aromatic heterocycles. The Morgan fingerprint density at radius 2 is 2.00 bits per heavy atom. The number of hydrogen-bond acceptors (Lipinski definition) is 4. The Morgan fingerprint density at radius 1 is 1.28 bits per heavy atom. The van der Waals surface area contributed by atoms with Crippen molar-refractivity contribution in [3.05, 3.63) is 15.6 Å². The topological polar surface area (TPSA) is 24.9 Å². The molecule has 1 N–H and O–H groups in total. The number of hydrogen-bond donors (Lipinski definition) is 1. The summed E-state index contributed by atoms with van der Waals surface area (Å²) < 4.78 is 0. The Hall–Kier alpha value is -0.0600. The van der Waals surface area contributed by atoms with Gasteiger partial charge in [0, 0.05) is 23.2 Å². The van der Waals surface area contributed by atoms with Crippen molar-refractivity contribution < 1.29 is 0 Å². The zero-order chi connectivity index (χ0) is 13.5. The van der Waals surface area contributed by atoms with E-state index in [0.717, 1.165) is 18.7 Å². The van der Waals surface area contributed by atoms with Gasteiger partial charge in [-0.3, -0.25) is 0 Å². The number of aryl methyl sites for hydroxylation is 1. The molecule has 0 amide bonds. The third kappa shape index (κ3) is 5.29. The molecule has 0 fully saturated rings. The summed E-state index contributed by atoms with van der Waals surface area (Å²) in [5.74, 6) is 1.05. The predicted molar refractivity (Wildman–Crippen MR) is 84.5 cm³/mol. The highest BCUT2D eigenvalue weighted by Crippen LogP contribution is 2.25. The Bertz CT molecular complexity index is 348. The van der Waals surface area contributed by atoms with Gasteiger partial charge in [-0.25, -0.2) is 4.98 Å². The lowest BCUT2D eigenvalue weighted by molar-refractivity contribution is 0.535. The molecule has 0 aromatic carbocycles. The maximum absolute atomic E-state index is 4.76. The van der Waals surface area contributed by atoms with Crippen LogP contribution in [0.3, 0.4) is 0 Å². The van der Waals surface area contributed by atoms with Crippen molar-refractivity contribution in [3.63, 3.8) is 0 Å². The lowest BCUT2D eigenvalue weighted by Gasteiger charge is -2.10. The van der Waals surface area contributed by atoms with Crippen molar-refractivity contribution in [2.75, 3.05) is 0 Å². The van der Waals surface area contributed by atoms with E-state index in [1.54, 1.807) is 0 Å². The highest BCUT2D eigenvalue weighted by Gasteiger charge is 2.11. The first-order valence-electron chi connectivity index (χ1n) is 6.89. The van der Waals surface area contributed by atoms with E-state index < -0.39 is 0 Å². The summed E-state index contributed by atoms with van der Waals surface area (Å²) in [4.78, 5) is 6.19. The van der Waals surface area contributed by atoms with Crippen LogP contribution in [0.15, 0.2) is 0 Å². The Kier molecular flexibility index (Phi) is 7.27. The SMILES string of the molecule is CCc1nc(CSC(C)C)sc1CNC(C)CC. The summed E-state index contributed by atoms with van der Waals surface area (Å²) in [5.41, 5.74) is 1.29. The van der Waals surface area contributed by atoms with Gasteiger partial charge in [0.2, 0.25) is 0 Å². The molecule has 1 heterocycles. The number of nitrogens with one attached hydrogen (secondary N) is 1.